The molecule has 1 aliphatic heterocycles. The molecule has 25 heavy (non-hydrogen) atoms. The molecule has 1 aromatic heterocycles. The van der Waals surface area contributed by atoms with E-state index < -0.39 is 0 Å². The van der Waals surface area contributed by atoms with Crippen LogP contribution in [0.2, 0.25) is 0 Å². The van der Waals surface area contributed by atoms with Crippen LogP contribution in [-0.4, -0.2) is 34.6 Å². The SMILES string of the molecule is Cc1cc(-c2cnc(N)c(OC(C)C(C)C)n2)cc2c1CCN(C)C2. The number of nitrogens with two attached hydrogens (primary N) is 1. The van der Waals surface area contributed by atoms with E-state index >= 15 is 0 Å². The second kappa shape index (κ2) is 7.00. The van der Waals surface area contributed by atoms with Gasteiger partial charge in [-0.1, -0.05) is 13.8 Å². The monoisotopic (exact) mass is 340 g/mol. The summed E-state index contributed by atoms with van der Waals surface area (Å²) in [6, 6.07) is 4.42. The third-order valence-electron chi connectivity index (χ3n) is 5.05. The number of nitrogen functional groups attached to an aromatic ring is 1. The fraction of sp³-hybridized carbons (Fsp3) is 0.500. The lowest BCUT2D eigenvalue weighted by Gasteiger charge is -2.27. The average molecular weight is 340 g/mol. The minimum Gasteiger partial charge on any atom is -0.472 e. The predicted octanol–water partition coefficient (Wildman–Crippen LogP) is 3.45. The molecular formula is C20H28N4O. The molecule has 0 spiro atoms. The maximum absolute atomic E-state index is 5.97. The first-order chi connectivity index (χ1) is 11.8. The Morgan fingerprint density at radius 3 is 2.72 bits per heavy atom. The zero-order chi connectivity index (χ0) is 18.1. The van der Waals surface area contributed by atoms with E-state index in [-0.39, 0.29) is 6.10 Å². The normalized spacial score (nSPS) is 15.9. The number of aromatic nitrogens is 2. The molecule has 5 nitrogen and oxygen atoms in total. The van der Waals surface area contributed by atoms with Crippen LogP contribution >= 0.6 is 0 Å². The van der Waals surface area contributed by atoms with Crippen molar-refractivity contribution in [2.45, 2.75) is 46.8 Å². The van der Waals surface area contributed by atoms with Crippen LogP contribution in [0.3, 0.4) is 0 Å². The van der Waals surface area contributed by atoms with Gasteiger partial charge in [0.05, 0.1) is 11.9 Å². The Labute approximate surface area is 150 Å². The summed E-state index contributed by atoms with van der Waals surface area (Å²) in [6.07, 6.45) is 2.87. The highest BCUT2D eigenvalue weighted by Gasteiger charge is 2.18. The summed E-state index contributed by atoms with van der Waals surface area (Å²) in [5, 5.41) is 0. The molecular weight excluding hydrogens is 312 g/mol. The molecule has 0 amide bonds. The smallest absolute Gasteiger partial charge is 0.258 e. The summed E-state index contributed by atoms with van der Waals surface area (Å²) in [6.45, 7) is 10.5. The highest BCUT2D eigenvalue weighted by Crippen LogP contribution is 2.30. The van der Waals surface area contributed by atoms with Crippen molar-refractivity contribution in [3.63, 3.8) is 0 Å². The molecule has 0 radical (unpaired) electrons. The molecule has 0 bridgehead atoms. The summed E-state index contributed by atoms with van der Waals surface area (Å²) in [7, 11) is 2.16. The number of fused-ring (bicyclic) bond motifs is 1. The molecule has 1 aromatic carbocycles. The predicted molar refractivity (Wildman–Crippen MR) is 102 cm³/mol. The first-order valence-electron chi connectivity index (χ1n) is 8.95. The maximum atomic E-state index is 5.97. The summed E-state index contributed by atoms with van der Waals surface area (Å²) in [5.74, 6) is 1.14. The second-order valence-corrected chi connectivity index (χ2v) is 7.43. The number of hydrogen-bond acceptors (Lipinski definition) is 5. The Hall–Kier alpha value is -2.14. The van der Waals surface area contributed by atoms with E-state index in [1.165, 1.54) is 16.7 Å². The van der Waals surface area contributed by atoms with Gasteiger partial charge in [0.1, 0.15) is 6.10 Å². The van der Waals surface area contributed by atoms with Gasteiger partial charge in [-0.2, -0.15) is 0 Å². The topological polar surface area (TPSA) is 64.3 Å². The van der Waals surface area contributed by atoms with Gasteiger partial charge in [-0.3, -0.25) is 0 Å². The zero-order valence-corrected chi connectivity index (χ0v) is 15.8. The number of hydrogen-bond donors (Lipinski definition) is 1. The van der Waals surface area contributed by atoms with Crippen molar-refractivity contribution in [2.24, 2.45) is 5.92 Å². The summed E-state index contributed by atoms with van der Waals surface area (Å²) in [4.78, 5) is 11.3. The number of nitrogens with zero attached hydrogens (tertiary/aromatic N) is 3. The Kier molecular flexibility index (Phi) is 4.95. The molecule has 3 rings (SSSR count). The number of rotatable bonds is 4. The minimum atomic E-state index is 0.0331. The first-order valence-corrected chi connectivity index (χ1v) is 8.95. The van der Waals surface area contributed by atoms with Crippen molar-refractivity contribution in [1.29, 1.82) is 0 Å². The Bertz CT molecular complexity index is 773. The lowest BCUT2D eigenvalue weighted by molar-refractivity contribution is 0.164. The van der Waals surface area contributed by atoms with Crippen molar-refractivity contribution in [3.05, 3.63) is 35.0 Å². The van der Waals surface area contributed by atoms with E-state index in [0.29, 0.717) is 17.6 Å². The van der Waals surface area contributed by atoms with E-state index in [4.69, 9.17) is 10.5 Å². The van der Waals surface area contributed by atoms with E-state index in [2.05, 4.69) is 54.8 Å². The molecule has 134 valence electrons. The quantitative estimate of drug-likeness (QED) is 0.923. The Morgan fingerprint density at radius 2 is 2.00 bits per heavy atom. The largest absolute Gasteiger partial charge is 0.472 e. The van der Waals surface area contributed by atoms with Gasteiger partial charge in [-0.15, -0.1) is 0 Å². The summed E-state index contributed by atoms with van der Waals surface area (Å²) < 4.78 is 5.92. The molecule has 5 heteroatoms. The van der Waals surface area contributed by atoms with Crippen LogP contribution < -0.4 is 10.5 Å². The van der Waals surface area contributed by atoms with Crippen molar-refractivity contribution < 1.29 is 4.74 Å². The van der Waals surface area contributed by atoms with Gasteiger partial charge < -0.3 is 15.4 Å². The molecule has 2 N–H and O–H groups in total. The first kappa shape index (κ1) is 17.7. The fourth-order valence-electron chi connectivity index (χ4n) is 3.13. The van der Waals surface area contributed by atoms with E-state index in [1.807, 2.05) is 6.92 Å². The molecule has 0 saturated carbocycles. The van der Waals surface area contributed by atoms with Crippen LogP contribution in [0.1, 0.15) is 37.5 Å². The summed E-state index contributed by atoms with van der Waals surface area (Å²) >= 11 is 0. The van der Waals surface area contributed by atoms with Gasteiger partial charge in [0, 0.05) is 18.7 Å². The summed E-state index contributed by atoms with van der Waals surface area (Å²) in [5.41, 5.74) is 12.0. The molecule has 0 saturated heterocycles. The maximum Gasteiger partial charge on any atom is 0.258 e. The Balaban J connectivity index is 1.97. The lowest BCUT2D eigenvalue weighted by atomic mass is 9.92. The van der Waals surface area contributed by atoms with E-state index in [1.54, 1.807) is 6.20 Å². The van der Waals surface area contributed by atoms with Crippen molar-refractivity contribution in [3.8, 4) is 17.1 Å². The van der Waals surface area contributed by atoms with Crippen LogP contribution in [0, 0.1) is 12.8 Å². The van der Waals surface area contributed by atoms with Gasteiger partial charge in [-0.25, -0.2) is 9.97 Å². The average Bonchev–Trinajstić information content (AvgIpc) is 2.56. The highest BCUT2D eigenvalue weighted by atomic mass is 16.5. The second-order valence-electron chi connectivity index (χ2n) is 7.43. The number of anilines is 1. The minimum absolute atomic E-state index is 0.0331. The van der Waals surface area contributed by atoms with Crippen molar-refractivity contribution in [1.82, 2.24) is 14.9 Å². The third-order valence-corrected chi connectivity index (χ3v) is 5.05. The molecule has 1 unspecified atom stereocenters. The van der Waals surface area contributed by atoms with Crippen LogP contribution in [-0.2, 0) is 13.0 Å². The standard InChI is InChI=1S/C20H28N4O/c1-12(2)14(4)25-20-19(21)22-10-18(23-20)15-8-13(3)17-6-7-24(5)11-16(17)9-15/h8-10,12,14H,6-7,11H2,1-5H3,(H2,21,22). The van der Waals surface area contributed by atoms with Crippen LogP contribution in [0.25, 0.3) is 11.3 Å². The van der Waals surface area contributed by atoms with E-state index in [9.17, 15) is 0 Å². The van der Waals surface area contributed by atoms with Gasteiger partial charge in [0.25, 0.3) is 5.88 Å². The fourth-order valence-corrected chi connectivity index (χ4v) is 3.13. The molecule has 1 atom stereocenters. The molecule has 1 aliphatic rings. The van der Waals surface area contributed by atoms with Crippen molar-refractivity contribution >= 4 is 5.82 Å². The third kappa shape index (κ3) is 3.76. The van der Waals surface area contributed by atoms with E-state index in [0.717, 1.165) is 30.8 Å². The van der Waals surface area contributed by atoms with Gasteiger partial charge in [0.15, 0.2) is 5.82 Å². The van der Waals surface area contributed by atoms with Crippen LogP contribution in [0.15, 0.2) is 18.3 Å². The highest BCUT2D eigenvalue weighted by molar-refractivity contribution is 5.64. The van der Waals surface area contributed by atoms with Gasteiger partial charge in [0.2, 0.25) is 0 Å². The van der Waals surface area contributed by atoms with Gasteiger partial charge in [-0.05, 0) is 62.1 Å². The molecule has 2 aromatic rings. The lowest BCUT2D eigenvalue weighted by Crippen LogP contribution is -2.27. The number of likely N-dealkylation sites (N-methyl/N-ethyl adjacent to an activating group) is 1. The zero-order valence-electron chi connectivity index (χ0n) is 15.8. The molecule has 0 aliphatic carbocycles. The van der Waals surface area contributed by atoms with Gasteiger partial charge >= 0.3 is 0 Å². The molecule has 2 heterocycles. The van der Waals surface area contributed by atoms with Crippen LogP contribution in [0.4, 0.5) is 5.82 Å². The van der Waals surface area contributed by atoms with Crippen LogP contribution in [0.5, 0.6) is 5.88 Å². The molecule has 0 fully saturated rings. The Morgan fingerprint density at radius 1 is 1.24 bits per heavy atom. The number of benzene rings is 1. The number of ether oxygens (including phenoxy) is 1. The van der Waals surface area contributed by atoms with Crippen molar-refractivity contribution in [2.75, 3.05) is 19.3 Å². The number of aryl methyl sites for hydroxylation is 1.